The van der Waals surface area contributed by atoms with Gasteiger partial charge in [0.1, 0.15) is 11.6 Å². The van der Waals surface area contributed by atoms with Gasteiger partial charge in [-0.3, -0.25) is 0 Å². The molecule has 0 saturated heterocycles. The summed E-state index contributed by atoms with van der Waals surface area (Å²) in [4.78, 5) is 0. The van der Waals surface area contributed by atoms with Gasteiger partial charge in [0.15, 0.2) is 0 Å². The Morgan fingerprint density at radius 1 is 1.38 bits per heavy atom. The number of methoxy groups -OCH3 is 1. The number of benzene rings is 1. The van der Waals surface area contributed by atoms with Crippen molar-refractivity contribution >= 4 is 0 Å². The summed E-state index contributed by atoms with van der Waals surface area (Å²) >= 11 is 0. The number of hydrogen-bond donors (Lipinski definition) is 1. The molecule has 5 heteroatoms. The molecule has 0 bridgehead atoms. The molecular weight excluding hydrogens is 219 g/mol. The highest BCUT2D eigenvalue weighted by Crippen LogP contribution is 2.29. The fraction of sp³-hybridized carbons (Fsp3) is 0.455. The second-order valence-electron chi connectivity index (χ2n) is 3.66. The molecule has 0 aliphatic carbocycles. The number of nitrogens with two attached hydrogens (primary N) is 1. The van der Waals surface area contributed by atoms with Gasteiger partial charge in [-0.25, -0.2) is 13.2 Å². The monoisotopic (exact) mass is 233 g/mol. The van der Waals surface area contributed by atoms with E-state index in [1.807, 2.05) is 0 Å². The lowest BCUT2D eigenvalue weighted by atomic mass is 10.0. The first-order valence-electron chi connectivity index (χ1n) is 4.80. The second kappa shape index (κ2) is 4.74. The van der Waals surface area contributed by atoms with Crippen molar-refractivity contribution in [1.82, 2.24) is 0 Å². The molecular formula is C11H14F3NO. The van der Waals surface area contributed by atoms with Crippen LogP contribution in [0.4, 0.5) is 13.2 Å². The first-order chi connectivity index (χ1) is 7.39. The van der Waals surface area contributed by atoms with Crippen LogP contribution >= 0.6 is 0 Å². The molecule has 0 heterocycles. The van der Waals surface area contributed by atoms with Crippen LogP contribution in [-0.4, -0.2) is 19.6 Å². The predicted octanol–water partition coefficient (Wildman–Crippen LogP) is 2.28. The molecule has 2 N–H and O–H groups in total. The van der Waals surface area contributed by atoms with Crippen LogP contribution < -0.4 is 10.5 Å². The maximum absolute atomic E-state index is 13.5. The molecule has 0 unspecified atom stereocenters. The molecule has 0 atom stereocenters. The zero-order valence-electron chi connectivity index (χ0n) is 9.19. The maximum atomic E-state index is 13.5. The van der Waals surface area contributed by atoms with Gasteiger partial charge >= 0.3 is 0 Å². The van der Waals surface area contributed by atoms with Gasteiger partial charge in [-0.2, -0.15) is 0 Å². The van der Waals surface area contributed by atoms with E-state index in [1.165, 1.54) is 19.2 Å². The van der Waals surface area contributed by atoms with Crippen LogP contribution in [0.15, 0.2) is 12.1 Å². The van der Waals surface area contributed by atoms with Crippen LogP contribution in [0, 0.1) is 12.7 Å². The zero-order valence-corrected chi connectivity index (χ0v) is 9.19. The van der Waals surface area contributed by atoms with Gasteiger partial charge in [-0.1, -0.05) is 0 Å². The first kappa shape index (κ1) is 12.8. The largest absolute Gasteiger partial charge is 0.496 e. The molecule has 16 heavy (non-hydrogen) atoms. The number of halogens is 3. The van der Waals surface area contributed by atoms with E-state index < -0.39 is 24.7 Å². The molecule has 1 aromatic carbocycles. The van der Waals surface area contributed by atoms with Gasteiger partial charge in [0.25, 0.3) is 5.92 Å². The third-order valence-corrected chi connectivity index (χ3v) is 2.25. The van der Waals surface area contributed by atoms with Crippen LogP contribution in [0.25, 0.3) is 0 Å². The molecule has 0 saturated carbocycles. The summed E-state index contributed by atoms with van der Waals surface area (Å²) in [6.45, 7) is 0.847. The summed E-state index contributed by atoms with van der Waals surface area (Å²) in [5.41, 5.74) is 5.40. The lowest BCUT2D eigenvalue weighted by Gasteiger charge is -2.17. The van der Waals surface area contributed by atoms with E-state index in [2.05, 4.69) is 0 Å². The number of alkyl halides is 2. The summed E-state index contributed by atoms with van der Waals surface area (Å²) in [5, 5.41) is 0. The fourth-order valence-electron chi connectivity index (χ4n) is 1.42. The van der Waals surface area contributed by atoms with E-state index in [9.17, 15) is 13.2 Å². The number of hydrogen-bond acceptors (Lipinski definition) is 2. The predicted molar refractivity (Wildman–Crippen MR) is 55.4 cm³/mol. The molecule has 90 valence electrons. The van der Waals surface area contributed by atoms with E-state index in [0.717, 1.165) is 0 Å². The molecule has 0 aliphatic rings. The molecule has 1 aromatic rings. The molecule has 2 nitrogen and oxygen atoms in total. The van der Waals surface area contributed by atoms with Gasteiger partial charge in [-0.05, 0) is 24.6 Å². The normalized spacial score (nSPS) is 11.6. The Bertz CT molecular complexity index is 380. The Hall–Kier alpha value is -1.23. The SMILES string of the molecule is COc1cc(C)cc(F)c1CC(F)(F)CN. The van der Waals surface area contributed by atoms with Crippen molar-refractivity contribution in [1.29, 1.82) is 0 Å². The third kappa shape index (κ3) is 2.88. The Kier molecular flexibility index (Phi) is 3.80. The van der Waals surface area contributed by atoms with Crippen molar-refractivity contribution < 1.29 is 17.9 Å². The van der Waals surface area contributed by atoms with Crippen molar-refractivity contribution in [3.05, 3.63) is 29.1 Å². The lowest BCUT2D eigenvalue weighted by Crippen LogP contribution is -2.30. The summed E-state index contributed by atoms with van der Waals surface area (Å²) in [6.07, 6.45) is -0.751. The summed E-state index contributed by atoms with van der Waals surface area (Å²) in [6, 6.07) is 2.72. The average molecular weight is 233 g/mol. The van der Waals surface area contributed by atoms with Crippen LogP contribution in [0.3, 0.4) is 0 Å². The molecule has 0 amide bonds. The van der Waals surface area contributed by atoms with Crippen LogP contribution in [0.1, 0.15) is 11.1 Å². The average Bonchev–Trinajstić information content (AvgIpc) is 2.21. The van der Waals surface area contributed by atoms with E-state index >= 15 is 0 Å². The van der Waals surface area contributed by atoms with Gasteiger partial charge in [0, 0.05) is 12.0 Å². The quantitative estimate of drug-likeness (QED) is 0.865. The highest BCUT2D eigenvalue weighted by molar-refractivity contribution is 5.39. The topological polar surface area (TPSA) is 35.2 Å². The third-order valence-electron chi connectivity index (χ3n) is 2.25. The van der Waals surface area contributed by atoms with Crippen LogP contribution in [0.5, 0.6) is 5.75 Å². The summed E-state index contributed by atoms with van der Waals surface area (Å²) in [7, 11) is 1.32. The van der Waals surface area contributed by atoms with Crippen molar-refractivity contribution in [2.75, 3.05) is 13.7 Å². The van der Waals surface area contributed by atoms with Gasteiger partial charge < -0.3 is 10.5 Å². The smallest absolute Gasteiger partial charge is 0.264 e. The van der Waals surface area contributed by atoms with E-state index in [0.29, 0.717) is 5.56 Å². The summed E-state index contributed by atoms with van der Waals surface area (Å²) < 4.78 is 44.6. The van der Waals surface area contributed by atoms with Crippen molar-refractivity contribution in [2.45, 2.75) is 19.3 Å². The van der Waals surface area contributed by atoms with Crippen molar-refractivity contribution in [2.24, 2.45) is 5.73 Å². The minimum absolute atomic E-state index is 0.130. The second-order valence-corrected chi connectivity index (χ2v) is 3.66. The Morgan fingerprint density at radius 2 is 2.00 bits per heavy atom. The fourth-order valence-corrected chi connectivity index (χ4v) is 1.42. The minimum atomic E-state index is -3.12. The van der Waals surface area contributed by atoms with Gasteiger partial charge in [0.2, 0.25) is 0 Å². The van der Waals surface area contributed by atoms with Gasteiger partial charge in [0.05, 0.1) is 13.7 Å². The van der Waals surface area contributed by atoms with E-state index in [4.69, 9.17) is 10.5 Å². The minimum Gasteiger partial charge on any atom is -0.496 e. The molecule has 0 radical (unpaired) electrons. The number of aryl methyl sites for hydroxylation is 1. The molecule has 0 spiro atoms. The van der Waals surface area contributed by atoms with Crippen LogP contribution in [0.2, 0.25) is 0 Å². The van der Waals surface area contributed by atoms with E-state index in [1.54, 1.807) is 6.92 Å². The Labute approximate surface area is 92.2 Å². The Morgan fingerprint density at radius 3 is 2.50 bits per heavy atom. The standard InChI is InChI=1S/C11H14F3NO/c1-7-3-9(12)8(10(4-7)16-2)5-11(13,14)6-15/h3-4H,5-6,15H2,1-2H3. The molecule has 0 aromatic heterocycles. The highest BCUT2D eigenvalue weighted by Gasteiger charge is 2.30. The molecule has 0 fully saturated rings. The Balaban J connectivity index is 3.12. The summed E-state index contributed by atoms with van der Waals surface area (Å²) in [5.74, 6) is -3.68. The lowest BCUT2D eigenvalue weighted by molar-refractivity contribution is 0.0101. The van der Waals surface area contributed by atoms with Crippen LogP contribution in [-0.2, 0) is 6.42 Å². The maximum Gasteiger partial charge on any atom is 0.264 e. The number of rotatable bonds is 4. The number of ether oxygens (including phenoxy) is 1. The van der Waals surface area contributed by atoms with E-state index in [-0.39, 0.29) is 11.3 Å². The molecule has 0 aliphatic heterocycles. The first-order valence-corrected chi connectivity index (χ1v) is 4.80. The zero-order chi connectivity index (χ0) is 12.3. The van der Waals surface area contributed by atoms with Crippen molar-refractivity contribution in [3.8, 4) is 5.75 Å². The molecule has 1 rings (SSSR count). The van der Waals surface area contributed by atoms with Crippen molar-refractivity contribution in [3.63, 3.8) is 0 Å². The highest BCUT2D eigenvalue weighted by atomic mass is 19.3. The van der Waals surface area contributed by atoms with Gasteiger partial charge in [-0.15, -0.1) is 0 Å².